The minimum absolute atomic E-state index is 0.340. The fourth-order valence-electron chi connectivity index (χ4n) is 3.18. The van der Waals surface area contributed by atoms with Crippen molar-refractivity contribution in [3.63, 3.8) is 0 Å². The van der Waals surface area contributed by atoms with E-state index in [0.717, 1.165) is 42.3 Å². The maximum absolute atomic E-state index is 6.14. The van der Waals surface area contributed by atoms with Crippen LogP contribution in [-0.2, 0) is 4.74 Å². The molecule has 0 aromatic heterocycles. The zero-order chi connectivity index (χ0) is 13.4. The van der Waals surface area contributed by atoms with Crippen LogP contribution < -0.4 is 10.6 Å². The Morgan fingerprint density at radius 3 is 3.05 bits per heavy atom. The van der Waals surface area contributed by atoms with Crippen molar-refractivity contribution in [2.24, 2.45) is 5.73 Å². The van der Waals surface area contributed by atoms with E-state index >= 15 is 0 Å². The van der Waals surface area contributed by atoms with Gasteiger partial charge >= 0.3 is 0 Å². The van der Waals surface area contributed by atoms with E-state index in [-0.39, 0.29) is 0 Å². The summed E-state index contributed by atoms with van der Waals surface area (Å²) in [4.78, 5) is 2.80. The molecule has 3 rings (SSSR count). The van der Waals surface area contributed by atoms with Gasteiger partial charge < -0.3 is 15.4 Å². The summed E-state index contributed by atoms with van der Waals surface area (Å²) in [7, 11) is 0. The third-order valence-electron chi connectivity index (χ3n) is 4.02. The molecule has 0 radical (unpaired) electrons. The smallest absolute Gasteiger partial charge is 0.106 e. The minimum Gasteiger partial charge on any atom is -0.389 e. The number of rotatable bonds is 2. The summed E-state index contributed by atoms with van der Waals surface area (Å²) in [6, 6.07) is 6.16. The Morgan fingerprint density at radius 1 is 1.42 bits per heavy atom. The Kier molecular flexibility index (Phi) is 3.65. The summed E-state index contributed by atoms with van der Waals surface area (Å²) in [6.45, 7) is 1.63. The van der Waals surface area contributed by atoms with Crippen molar-refractivity contribution in [2.75, 3.05) is 18.1 Å². The first-order valence-corrected chi connectivity index (χ1v) is 7.43. The van der Waals surface area contributed by atoms with Gasteiger partial charge in [0.15, 0.2) is 0 Å². The Hall–Kier alpha value is -0.840. The predicted octanol–water partition coefficient (Wildman–Crippen LogP) is 2.73. The van der Waals surface area contributed by atoms with Crippen molar-refractivity contribution in [1.29, 1.82) is 0 Å². The molecule has 19 heavy (non-hydrogen) atoms. The molecule has 0 amide bonds. The third kappa shape index (κ3) is 2.45. The largest absolute Gasteiger partial charge is 0.389 e. The number of ether oxygens (including phenoxy) is 1. The quantitative estimate of drug-likeness (QED) is 0.852. The van der Waals surface area contributed by atoms with Crippen LogP contribution in [0.3, 0.4) is 0 Å². The van der Waals surface area contributed by atoms with Crippen LogP contribution in [0.4, 0.5) is 5.69 Å². The van der Waals surface area contributed by atoms with E-state index in [9.17, 15) is 0 Å². The van der Waals surface area contributed by atoms with Crippen molar-refractivity contribution >= 4 is 34.5 Å². The second-order valence-corrected chi connectivity index (χ2v) is 6.00. The molecule has 2 N–H and O–H groups in total. The van der Waals surface area contributed by atoms with Crippen molar-refractivity contribution in [1.82, 2.24) is 0 Å². The number of halogens is 1. The molecule has 0 spiro atoms. The number of hydrogen-bond donors (Lipinski definition) is 1. The molecule has 2 aliphatic rings. The van der Waals surface area contributed by atoms with Crippen LogP contribution in [0, 0.1) is 0 Å². The molecule has 1 saturated heterocycles. The van der Waals surface area contributed by atoms with Crippen LogP contribution in [0.15, 0.2) is 18.2 Å². The van der Waals surface area contributed by atoms with E-state index in [1.54, 1.807) is 0 Å². The molecule has 1 aromatic carbocycles. The summed E-state index contributed by atoms with van der Waals surface area (Å²) in [5, 5.41) is 0.719. The van der Waals surface area contributed by atoms with Crippen LogP contribution in [0.2, 0.25) is 5.02 Å². The molecule has 1 aromatic rings. The molecule has 102 valence electrons. The molecule has 3 nitrogen and oxygen atoms in total. The van der Waals surface area contributed by atoms with Gasteiger partial charge in [-0.3, -0.25) is 0 Å². The van der Waals surface area contributed by atoms with Gasteiger partial charge in [-0.2, -0.15) is 0 Å². The number of benzene rings is 1. The second-order valence-electron chi connectivity index (χ2n) is 5.13. The van der Waals surface area contributed by atoms with Crippen molar-refractivity contribution in [2.45, 2.75) is 31.4 Å². The van der Waals surface area contributed by atoms with Gasteiger partial charge in [-0.25, -0.2) is 0 Å². The maximum atomic E-state index is 6.14. The van der Waals surface area contributed by atoms with E-state index < -0.39 is 0 Å². The van der Waals surface area contributed by atoms with Gasteiger partial charge in [-0.05, 0) is 37.5 Å². The molecule has 5 heteroatoms. The summed E-state index contributed by atoms with van der Waals surface area (Å²) in [5.74, 6) is 0. The van der Waals surface area contributed by atoms with Gasteiger partial charge in [0.25, 0.3) is 0 Å². The first-order chi connectivity index (χ1) is 9.16. The van der Waals surface area contributed by atoms with E-state index in [0.29, 0.717) is 17.1 Å². The summed E-state index contributed by atoms with van der Waals surface area (Å²) < 4.78 is 5.85. The maximum Gasteiger partial charge on any atom is 0.106 e. The fourth-order valence-corrected chi connectivity index (χ4v) is 3.51. The average Bonchev–Trinajstić information content (AvgIpc) is 2.86. The highest BCUT2D eigenvalue weighted by Gasteiger charge is 2.37. The van der Waals surface area contributed by atoms with Gasteiger partial charge in [-0.15, -0.1) is 0 Å². The number of hydrogen-bond acceptors (Lipinski definition) is 3. The zero-order valence-corrected chi connectivity index (χ0v) is 12.2. The van der Waals surface area contributed by atoms with Crippen molar-refractivity contribution in [3.8, 4) is 0 Å². The highest BCUT2D eigenvalue weighted by molar-refractivity contribution is 7.80. The number of thiocarbonyl (C=S) groups is 1. The summed E-state index contributed by atoms with van der Waals surface area (Å²) in [6.07, 6.45) is 3.86. The Morgan fingerprint density at radius 2 is 2.26 bits per heavy atom. The number of nitrogens with two attached hydrogens (primary N) is 1. The lowest BCUT2D eigenvalue weighted by atomic mass is 10.1. The first kappa shape index (κ1) is 13.2. The highest BCUT2D eigenvalue weighted by Crippen LogP contribution is 2.35. The Balaban J connectivity index is 2.00. The standard InChI is InChI=1S/C14H17ClN2OS/c15-9-4-5-10(14(16)19)12(8-9)17-6-7-18-13-3-1-2-11(13)17/h4-5,8,11,13H,1-3,6-7H2,(H2,16,19). The number of morpholine rings is 1. The summed E-state index contributed by atoms with van der Waals surface area (Å²) >= 11 is 11.3. The average molecular weight is 297 g/mol. The van der Waals surface area contributed by atoms with E-state index in [2.05, 4.69) is 4.90 Å². The molecule has 2 unspecified atom stereocenters. The molecular weight excluding hydrogens is 280 g/mol. The monoisotopic (exact) mass is 296 g/mol. The van der Waals surface area contributed by atoms with Crippen molar-refractivity contribution < 1.29 is 4.74 Å². The molecule has 1 aliphatic heterocycles. The first-order valence-electron chi connectivity index (χ1n) is 6.64. The molecule has 1 saturated carbocycles. The third-order valence-corrected chi connectivity index (χ3v) is 4.47. The highest BCUT2D eigenvalue weighted by atomic mass is 35.5. The molecule has 1 aliphatic carbocycles. The van der Waals surface area contributed by atoms with Crippen LogP contribution >= 0.6 is 23.8 Å². The fraction of sp³-hybridized carbons (Fsp3) is 0.500. The molecule has 1 heterocycles. The van der Waals surface area contributed by atoms with E-state index in [4.69, 9.17) is 34.3 Å². The lowest BCUT2D eigenvalue weighted by Gasteiger charge is -2.40. The van der Waals surface area contributed by atoms with Crippen LogP contribution in [0.5, 0.6) is 0 Å². The SMILES string of the molecule is NC(=S)c1ccc(Cl)cc1N1CCOC2CCCC21. The minimum atomic E-state index is 0.340. The van der Waals surface area contributed by atoms with Crippen molar-refractivity contribution in [3.05, 3.63) is 28.8 Å². The number of fused-ring (bicyclic) bond motifs is 1. The zero-order valence-electron chi connectivity index (χ0n) is 10.6. The molecule has 2 fully saturated rings. The van der Waals surface area contributed by atoms with Crippen LogP contribution in [0.1, 0.15) is 24.8 Å². The number of nitrogens with zero attached hydrogens (tertiary/aromatic N) is 1. The molecule has 2 atom stereocenters. The molecular formula is C14H17ClN2OS. The normalized spacial score (nSPS) is 26.3. The topological polar surface area (TPSA) is 38.5 Å². The predicted molar refractivity (Wildman–Crippen MR) is 82.1 cm³/mol. The van der Waals surface area contributed by atoms with Gasteiger partial charge in [0.05, 0.1) is 18.8 Å². The van der Waals surface area contributed by atoms with Gasteiger partial charge in [0.2, 0.25) is 0 Å². The van der Waals surface area contributed by atoms with Gasteiger partial charge in [0.1, 0.15) is 4.99 Å². The lowest BCUT2D eigenvalue weighted by Crippen LogP contribution is -2.49. The van der Waals surface area contributed by atoms with Crippen LogP contribution in [-0.4, -0.2) is 30.3 Å². The Bertz CT molecular complexity index is 508. The number of anilines is 1. The summed E-state index contributed by atoms with van der Waals surface area (Å²) in [5.41, 5.74) is 7.80. The lowest BCUT2D eigenvalue weighted by molar-refractivity contribution is 0.0256. The molecule has 0 bridgehead atoms. The van der Waals surface area contributed by atoms with Gasteiger partial charge in [0, 0.05) is 22.8 Å². The Labute approximate surface area is 123 Å². The van der Waals surface area contributed by atoms with Crippen LogP contribution in [0.25, 0.3) is 0 Å². The van der Waals surface area contributed by atoms with E-state index in [1.807, 2.05) is 18.2 Å². The van der Waals surface area contributed by atoms with Gasteiger partial charge in [-0.1, -0.05) is 23.8 Å². The second kappa shape index (κ2) is 5.27. The van der Waals surface area contributed by atoms with E-state index in [1.165, 1.54) is 6.42 Å².